The zero-order valence-electron chi connectivity index (χ0n) is 19.0. The van der Waals surface area contributed by atoms with Gasteiger partial charge in [-0.3, -0.25) is 4.79 Å². The van der Waals surface area contributed by atoms with Gasteiger partial charge in [0.2, 0.25) is 0 Å². The number of anilines is 3. The molecule has 8 nitrogen and oxygen atoms in total. The molecule has 3 heterocycles. The Morgan fingerprint density at radius 1 is 1.15 bits per heavy atom. The summed E-state index contributed by atoms with van der Waals surface area (Å²) < 4.78 is 1.06. The number of benzene rings is 1. The average molecular weight is 466 g/mol. The molecule has 1 aliphatic heterocycles. The highest BCUT2D eigenvalue weighted by atomic mass is 32.1. The summed E-state index contributed by atoms with van der Waals surface area (Å²) >= 11 is 1.57. The van der Waals surface area contributed by atoms with Gasteiger partial charge in [0.25, 0.3) is 5.91 Å². The Balaban J connectivity index is 1.36. The van der Waals surface area contributed by atoms with E-state index in [-0.39, 0.29) is 5.69 Å². The molecular weight excluding hydrogens is 434 g/mol. The second-order valence-electron chi connectivity index (χ2n) is 8.99. The largest absolute Gasteiger partial charge is 0.366 e. The third kappa shape index (κ3) is 4.79. The maximum absolute atomic E-state index is 12.2. The van der Waals surface area contributed by atoms with Crippen LogP contribution < -0.4 is 16.4 Å². The van der Waals surface area contributed by atoms with Crippen molar-refractivity contribution in [1.82, 2.24) is 19.9 Å². The summed E-state index contributed by atoms with van der Waals surface area (Å²) in [6.07, 6.45) is 8.02. The van der Waals surface area contributed by atoms with Gasteiger partial charge in [-0.1, -0.05) is 6.92 Å². The first-order chi connectivity index (χ1) is 16.1. The van der Waals surface area contributed by atoms with E-state index >= 15 is 0 Å². The number of rotatable bonds is 7. The molecule has 33 heavy (non-hydrogen) atoms. The summed E-state index contributed by atoms with van der Waals surface area (Å²) in [6.45, 7) is 4.53. The van der Waals surface area contributed by atoms with E-state index in [1.807, 2.05) is 30.6 Å². The van der Waals surface area contributed by atoms with E-state index < -0.39 is 5.91 Å². The molecule has 1 saturated heterocycles. The Morgan fingerprint density at radius 2 is 1.94 bits per heavy atom. The van der Waals surface area contributed by atoms with Crippen molar-refractivity contribution >= 4 is 44.8 Å². The zero-order valence-corrected chi connectivity index (χ0v) is 19.8. The highest BCUT2D eigenvalue weighted by Crippen LogP contribution is 2.30. The second-order valence-corrected chi connectivity index (χ2v) is 9.87. The van der Waals surface area contributed by atoms with Gasteiger partial charge in [0.1, 0.15) is 5.82 Å². The van der Waals surface area contributed by atoms with Crippen molar-refractivity contribution in [1.29, 1.82) is 0 Å². The van der Waals surface area contributed by atoms with Crippen LogP contribution in [-0.4, -0.2) is 50.9 Å². The van der Waals surface area contributed by atoms with Gasteiger partial charge in [-0.2, -0.15) is 0 Å². The summed E-state index contributed by atoms with van der Waals surface area (Å²) in [6, 6.07) is 6.96. The van der Waals surface area contributed by atoms with Crippen LogP contribution in [0.1, 0.15) is 61.6 Å². The average Bonchev–Trinajstić information content (AvgIpc) is 3.52. The van der Waals surface area contributed by atoms with Gasteiger partial charge in [-0.15, -0.1) is 11.3 Å². The van der Waals surface area contributed by atoms with E-state index in [1.54, 1.807) is 11.3 Å². The minimum Gasteiger partial charge on any atom is -0.366 e. The summed E-state index contributed by atoms with van der Waals surface area (Å²) in [5, 5.41) is 6.90. The summed E-state index contributed by atoms with van der Waals surface area (Å²) in [5.41, 5.74) is 10.2. The molecule has 0 atom stereocenters. The minimum atomic E-state index is -0.587. The zero-order chi connectivity index (χ0) is 22.8. The monoisotopic (exact) mass is 465 g/mol. The molecule has 9 heteroatoms. The number of fused-ring (bicyclic) bond motifs is 1. The molecular formula is C24H31N7OS. The number of carbonyl (C=O) groups is 1. The lowest BCUT2D eigenvalue weighted by Gasteiger charge is -2.35. The van der Waals surface area contributed by atoms with Crippen LogP contribution in [0, 0.1) is 0 Å². The number of hydrogen-bond donors (Lipinski definition) is 3. The van der Waals surface area contributed by atoms with E-state index in [1.165, 1.54) is 38.8 Å². The highest BCUT2D eigenvalue weighted by molar-refractivity contribution is 7.16. The van der Waals surface area contributed by atoms with Gasteiger partial charge in [-0.05, 0) is 76.2 Å². The van der Waals surface area contributed by atoms with Crippen LogP contribution in [0.3, 0.4) is 0 Å². The number of primary amides is 1. The summed E-state index contributed by atoms with van der Waals surface area (Å²) in [7, 11) is 0. The summed E-state index contributed by atoms with van der Waals surface area (Å²) in [5.74, 6) is 0.543. The molecule has 1 aromatic carbocycles. The smallest absolute Gasteiger partial charge is 0.271 e. The predicted molar refractivity (Wildman–Crippen MR) is 133 cm³/mol. The van der Waals surface area contributed by atoms with Gasteiger partial charge < -0.3 is 21.3 Å². The Morgan fingerprint density at radius 3 is 2.67 bits per heavy atom. The second kappa shape index (κ2) is 9.61. The number of nitrogens with two attached hydrogens (primary N) is 1. The Labute approximate surface area is 198 Å². The molecule has 2 aliphatic rings. The third-order valence-electron chi connectivity index (χ3n) is 6.82. The molecule has 3 aromatic rings. The van der Waals surface area contributed by atoms with Crippen LogP contribution in [0.2, 0.25) is 0 Å². The van der Waals surface area contributed by atoms with Gasteiger partial charge in [-0.25, -0.2) is 15.0 Å². The van der Waals surface area contributed by atoms with Crippen molar-refractivity contribution < 1.29 is 4.79 Å². The van der Waals surface area contributed by atoms with E-state index in [2.05, 4.69) is 25.5 Å². The van der Waals surface area contributed by atoms with E-state index in [0.29, 0.717) is 18.3 Å². The first kappa shape index (κ1) is 22.0. The Hall–Kier alpha value is -2.78. The van der Waals surface area contributed by atoms with Crippen LogP contribution in [0.5, 0.6) is 0 Å². The fourth-order valence-corrected chi connectivity index (χ4v) is 5.76. The minimum absolute atomic E-state index is 0.166. The number of carbonyl (C=O) groups excluding carboxylic acids is 1. The van der Waals surface area contributed by atoms with Gasteiger partial charge >= 0.3 is 0 Å². The molecule has 0 bridgehead atoms. The van der Waals surface area contributed by atoms with Crippen molar-refractivity contribution in [3.63, 3.8) is 0 Å². The first-order valence-electron chi connectivity index (χ1n) is 11.9. The standard InChI is InChI=1S/C24H31N7OS/c1-2-18-23(27-15-5-8-17(9-6-15)31-11-3-4-12-31)30-24(21(29-18)22(25)32)28-16-7-10-19-20(13-16)33-14-26-19/h7,10,13-15,17H,2-6,8-9,11-12H2,1H3,(H2,25,32)(H2,27,28,30). The number of nitrogens with one attached hydrogen (secondary N) is 2. The van der Waals surface area contributed by atoms with Crippen LogP contribution in [0.4, 0.5) is 17.3 Å². The Bertz CT molecular complexity index is 1130. The molecule has 5 rings (SSSR count). The Kier molecular flexibility index (Phi) is 6.41. The molecule has 1 amide bonds. The van der Waals surface area contributed by atoms with Gasteiger partial charge in [0.05, 0.1) is 21.4 Å². The van der Waals surface area contributed by atoms with Crippen molar-refractivity contribution in [3.05, 3.63) is 35.1 Å². The maximum atomic E-state index is 12.2. The quantitative estimate of drug-likeness (QED) is 0.477. The van der Waals surface area contributed by atoms with E-state index in [9.17, 15) is 4.79 Å². The number of aryl methyl sites for hydroxylation is 1. The predicted octanol–water partition coefficient (Wildman–Crippen LogP) is 4.31. The first-order valence-corrected chi connectivity index (χ1v) is 12.8. The molecule has 1 aliphatic carbocycles. The SMILES string of the molecule is CCc1nc(C(N)=O)c(Nc2ccc3ncsc3c2)nc1NC1CCC(N2CCCC2)CC1. The number of likely N-dealkylation sites (tertiary alicyclic amines) is 1. The van der Waals surface area contributed by atoms with Crippen LogP contribution in [0.25, 0.3) is 10.2 Å². The molecule has 0 radical (unpaired) electrons. The lowest BCUT2D eigenvalue weighted by Crippen LogP contribution is -2.39. The van der Waals surface area contributed by atoms with Crippen LogP contribution >= 0.6 is 11.3 Å². The number of thiazole rings is 1. The van der Waals surface area contributed by atoms with Gasteiger partial charge in [0, 0.05) is 17.8 Å². The van der Waals surface area contributed by atoms with Crippen LogP contribution in [0.15, 0.2) is 23.7 Å². The summed E-state index contributed by atoms with van der Waals surface area (Å²) in [4.78, 5) is 28.6. The fraction of sp³-hybridized carbons (Fsp3) is 0.500. The van der Waals surface area contributed by atoms with Gasteiger partial charge in [0.15, 0.2) is 11.5 Å². The number of aromatic nitrogens is 3. The fourth-order valence-electron chi connectivity index (χ4n) is 5.05. The maximum Gasteiger partial charge on any atom is 0.271 e. The topological polar surface area (TPSA) is 109 Å². The molecule has 0 spiro atoms. The molecule has 2 aromatic heterocycles. The van der Waals surface area contributed by atoms with Crippen molar-refractivity contribution in [2.24, 2.45) is 5.73 Å². The van der Waals surface area contributed by atoms with Crippen molar-refractivity contribution in [3.8, 4) is 0 Å². The van der Waals surface area contributed by atoms with Crippen molar-refractivity contribution in [2.75, 3.05) is 23.7 Å². The highest BCUT2D eigenvalue weighted by Gasteiger charge is 2.28. The molecule has 174 valence electrons. The van der Waals surface area contributed by atoms with E-state index in [0.717, 1.165) is 46.3 Å². The number of nitrogens with zero attached hydrogens (tertiary/aromatic N) is 4. The molecule has 2 fully saturated rings. The molecule has 0 unspecified atom stereocenters. The molecule has 1 saturated carbocycles. The molecule has 4 N–H and O–H groups in total. The lowest BCUT2D eigenvalue weighted by atomic mass is 9.90. The normalized spacial score (nSPS) is 21.4. The van der Waals surface area contributed by atoms with Crippen LogP contribution in [-0.2, 0) is 6.42 Å². The number of hydrogen-bond acceptors (Lipinski definition) is 8. The van der Waals surface area contributed by atoms with E-state index in [4.69, 9.17) is 10.7 Å². The third-order valence-corrected chi connectivity index (χ3v) is 7.62. The number of amides is 1. The lowest BCUT2D eigenvalue weighted by molar-refractivity contribution is 0.0996. The van der Waals surface area contributed by atoms with Crippen molar-refractivity contribution in [2.45, 2.75) is 64.0 Å².